The van der Waals surface area contributed by atoms with E-state index in [1.807, 2.05) is 0 Å². The van der Waals surface area contributed by atoms with Gasteiger partial charge in [-0.3, -0.25) is 9.59 Å². The van der Waals surface area contributed by atoms with Gasteiger partial charge in [-0.25, -0.2) is 0 Å². The van der Waals surface area contributed by atoms with Crippen LogP contribution >= 0.6 is 0 Å². The normalized spacial score (nSPS) is 18.1. The third-order valence-corrected chi connectivity index (χ3v) is 3.26. The van der Waals surface area contributed by atoms with Crippen molar-refractivity contribution < 1.29 is 19.1 Å². The molecular weight excluding hydrogens is 260 g/mol. The Morgan fingerprint density at radius 1 is 1.25 bits per heavy atom. The zero-order valence-electron chi connectivity index (χ0n) is 11.6. The number of carbonyl (C=O) groups excluding carboxylic acids is 2. The van der Waals surface area contributed by atoms with Crippen molar-refractivity contribution in [3.05, 3.63) is 18.2 Å². The SMILES string of the molecule is COc1cc(NC(=O)C2CCC(=O)NC2)cc(OC)c1. The average Bonchev–Trinajstić information content (AvgIpc) is 2.47. The van der Waals surface area contributed by atoms with Gasteiger partial charge in [-0.05, 0) is 6.42 Å². The summed E-state index contributed by atoms with van der Waals surface area (Å²) < 4.78 is 10.3. The van der Waals surface area contributed by atoms with Crippen molar-refractivity contribution in [3.8, 4) is 11.5 Å². The predicted octanol–water partition coefficient (Wildman–Crippen LogP) is 1.17. The number of amides is 2. The summed E-state index contributed by atoms with van der Waals surface area (Å²) in [6, 6.07) is 5.18. The molecule has 0 saturated carbocycles. The summed E-state index contributed by atoms with van der Waals surface area (Å²) in [5.74, 6) is 0.899. The molecule has 1 aromatic carbocycles. The molecule has 6 nitrogen and oxygen atoms in total. The Labute approximate surface area is 117 Å². The van der Waals surface area contributed by atoms with E-state index in [-0.39, 0.29) is 17.7 Å². The molecule has 2 rings (SSSR count). The van der Waals surface area contributed by atoms with Crippen LogP contribution in [0.1, 0.15) is 12.8 Å². The zero-order valence-corrected chi connectivity index (χ0v) is 11.6. The molecule has 0 radical (unpaired) electrons. The number of benzene rings is 1. The summed E-state index contributed by atoms with van der Waals surface area (Å²) in [6.07, 6.45) is 0.957. The Morgan fingerprint density at radius 3 is 2.40 bits per heavy atom. The van der Waals surface area contributed by atoms with Crippen LogP contribution in [0.2, 0.25) is 0 Å². The van der Waals surface area contributed by atoms with E-state index in [1.54, 1.807) is 32.4 Å². The van der Waals surface area contributed by atoms with Gasteiger partial charge >= 0.3 is 0 Å². The fourth-order valence-electron chi connectivity index (χ4n) is 2.08. The van der Waals surface area contributed by atoms with Crippen LogP contribution in [0.3, 0.4) is 0 Å². The molecule has 0 aromatic heterocycles. The third-order valence-electron chi connectivity index (χ3n) is 3.26. The molecule has 0 aliphatic carbocycles. The molecule has 1 aromatic rings. The first-order chi connectivity index (χ1) is 9.62. The number of rotatable bonds is 4. The second kappa shape index (κ2) is 6.27. The van der Waals surface area contributed by atoms with Crippen LogP contribution in [-0.4, -0.2) is 32.6 Å². The van der Waals surface area contributed by atoms with Gasteiger partial charge in [0, 0.05) is 36.9 Å². The standard InChI is InChI=1S/C14H18N2O4/c1-19-11-5-10(6-12(7-11)20-2)16-14(18)9-3-4-13(17)15-8-9/h5-7,9H,3-4,8H2,1-2H3,(H,15,17)(H,16,18). The molecule has 20 heavy (non-hydrogen) atoms. The lowest BCUT2D eigenvalue weighted by atomic mass is 9.98. The number of methoxy groups -OCH3 is 2. The topological polar surface area (TPSA) is 76.7 Å². The molecule has 1 atom stereocenters. The van der Waals surface area contributed by atoms with Gasteiger partial charge in [0.25, 0.3) is 0 Å². The first-order valence-corrected chi connectivity index (χ1v) is 6.43. The molecule has 1 saturated heterocycles. The minimum absolute atomic E-state index is 0.00269. The second-order valence-corrected chi connectivity index (χ2v) is 4.63. The first-order valence-electron chi connectivity index (χ1n) is 6.43. The van der Waals surface area contributed by atoms with Crippen molar-refractivity contribution in [2.45, 2.75) is 12.8 Å². The van der Waals surface area contributed by atoms with E-state index in [0.29, 0.717) is 36.6 Å². The van der Waals surface area contributed by atoms with Gasteiger partial charge in [-0.2, -0.15) is 0 Å². The van der Waals surface area contributed by atoms with Crippen molar-refractivity contribution in [2.75, 3.05) is 26.1 Å². The maximum Gasteiger partial charge on any atom is 0.229 e. The second-order valence-electron chi connectivity index (χ2n) is 4.63. The number of hydrogen-bond donors (Lipinski definition) is 2. The smallest absolute Gasteiger partial charge is 0.229 e. The Hall–Kier alpha value is -2.24. The van der Waals surface area contributed by atoms with E-state index in [0.717, 1.165) is 0 Å². The lowest BCUT2D eigenvalue weighted by Gasteiger charge is -2.21. The molecule has 0 spiro atoms. The molecule has 1 heterocycles. The highest BCUT2D eigenvalue weighted by Gasteiger charge is 2.24. The van der Waals surface area contributed by atoms with Gasteiger partial charge in [0.05, 0.1) is 20.1 Å². The van der Waals surface area contributed by atoms with Crippen LogP contribution in [0, 0.1) is 5.92 Å². The monoisotopic (exact) mass is 278 g/mol. The number of carbonyl (C=O) groups is 2. The largest absolute Gasteiger partial charge is 0.497 e. The fraction of sp³-hybridized carbons (Fsp3) is 0.429. The van der Waals surface area contributed by atoms with Gasteiger partial charge in [-0.1, -0.05) is 0 Å². The van der Waals surface area contributed by atoms with Crippen LogP contribution in [0.4, 0.5) is 5.69 Å². The van der Waals surface area contributed by atoms with Crippen molar-refractivity contribution in [1.82, 2.24) is 5.32 Å². The van der Waals surface area contributed by atoms with Gasteiger partial charge in [0.15, 0.2) is 0 Å². The van der Waals surface area contributed by atoms with E-state index < -0.39 is 0 Å². The van der Waals surface area contributed by atoms with Gasteiger partial charge < -0.3 is 20.1 Å². The summed E-state index contributed by atoms with van der Waals surface area (Å²) in [4.78, 5) is 23.2. The zero-order chi connectivity index (χ0) is 14.5. The molecule has 2 amide bonds. The molecule has 6 heteroatoms. The molecule has 1 fully saturated rings. The predicted molar refractivity (Wildman–Crippen MR) is 73.9 cm³/mol. The lowest BCUT2D eigenvalue weighted by Crippen LogP contribution is -2.40. The highest BCUT2D eigenvalue weighted by atomic mass is 16.5. The van der Waals surface area contributed by atoms with Crippen LogP contribution in [0.15, 0.2) is 18.2 Å². The highest BCUT2D eigenvalue weighted by Crippen LogP contribution is 2.26. The minimum atomic E-state index is -0.204. The average molecular weight is 278 g/mol. The molecular formula is C14H18N2O4. The van der Waals surface area contributed by atoms with E-state index in [2.05, 4.69) is 10.6 Å². The Kier molecular flexibility index (Phi) is 4.45. The van der Waals surface area contributed by atoms with Crippen molar-refractivity contribution in [3.63, 3.8) is 0 Å². The maximum absolute atomic E-state index is 12.1. The third kappa shape index (κ3) is 3.40. The molecule has 1 unspecified atom stereocenters. The van der Waals surface area contributed by atoms with Crippen LogP contribution < -0.4 is 20.1 Å². The van der Waals surface area contributed by atoms with Crippen molar-refractivity contribution in [2.24, 2.45) is 5.92 Å². The number of piperidine rings is 1. The number of nitrogens with one attached hydrogen (secondary N) is 2. The summed E-state index contributed by atoms with van der Waals surface area (Å²) in [5, 5.41) is 5.52. The van der Waals surface area contributed by atoms with Crippen LogP contribution in [0.25, 0.3) is 0 Å². The molecule has 2 N–H and O–H groups in total. The summed E-state index contributed by atoms with van der Waals surface area (Å²) in [6.45, 7) is 0.381. The van der Waals surface area contributed by atoms with E-state index >= 15 is 0 Å². The Bertz CT molecular complexity index is 484. The van der Waals surface area contributed by atoms with E-state index in [9.17, 15) is 9.59 Å². The number of ether oxygens (including phenoxy) is 2. The minimum Gasteiger partial charge on any atom is -0.497 e. The van der Waals surface area contributed by atoms with Crippen LogP contribution in [-0.2, 0) is 9.59 Å². The molecule has 1 aliphatic rings. The highest BCUT2D eigenvalue weighted by molar-refractivity contribution is 5.94. The van der Waals surface area contributed by atoms with Gasteiger partial charge in [-0.15, -0.1) is 0 Å². The van der Waals surface area contributed by atoms with Crippen molar-refractivity contribution >= 4 is 17.5 Å². The molecule has 108 valence electrons. The van der Waals surface area contributed by atoms with E-state index in [1.165, 1.54) is 0 Å². The molecule has 0 bridgehead atoms. The molecule has 1 aliphatic heterocycles. The summed E-state index contributed by atoms with van der Waals surface area (Å²) >= 11 is 0. The summed E-state index contributed by atoms with van der Waals surface area (Å²) in [7, 11) is 3.11. The van der Waals surface area contributed by atoms with Crippen molar-refractivity contribution in [1.29, 1.82) is 0 Å². The Morgan fingerprint density at radius 2 is 1.90 bits per heavy atom. The lowest BCUT2D eigenvalue weighted by molar-refractivity contribution is -0.126. The quantitative estimate of drug-likeness (QED) is 0.866. The summed E-state index contributed by atoms with van der Waals surface area (Å²) in [5.41, 5.74) is 0.614. The number of anilines is 1. The van der Waals surface area contributed by atoms with Crippen LogP contribution in [0.5, 0.6) is 11.5 Å². The van der Waals surface area contributed by atoms with E-state index in [4.69, 9.17) is 9.47 Å². The maximum atomic E-state index is 12.1. The fourth-order valence-corrected chi connectivity index (χ4v) is 2.08. The Balaban J connectivity index is 2.05. The van der Waals surface area contributed by atoms with Gasteiger partial charge in [0.1, 0.15) is 11.5 Å². The first kappa shape index (κ1) is 14.2. The van der Waals surface area contributed by atoms with Gasteiger partial charge in [0.2, 0.25) is 11.8 Å². The number of hydrogen-bond acceptors (Lipinski definition) is 4.